The molecule has 0 saturated heterocycles. The molecule has 0 aliphatic rings. The number of nitrogens with zero attached hydrogens (tertiary/aromatic N) is 1. The summed E-state index contributed by atoms with van der Waals surface area (Å²) in [6.07, 6.45) is 1.25. The fourth-order valence-electron chi connectivity index (χ4n) is 1.03. The van der Waals surface area contributed by atoms with E-state index in [9.17, 15) is 4.39 Å². The van der Waals surface area contributed by atoms with E-state index in [1.165, 1.54) is 6.20 Å². The lowest BCUT2D eigenvalue weighted by Gasteiger charge is -2.07. The highest BCUT2D eigenvalue weighted by Gasteiger charge is 2.07. The molecule has 1 heterocycles. The van der Waals surface area contributed by atoms with Gasteiger partial charge in [0, 0.05) is 7.05 Å². The summed E-state index contributed by atoms with van der Waals surface area (Å²) in [5.41, 5.74) is 0.703. The molecule has 66 valence electrons. The Labute approximate surface area is 71.8 Å². The third-order valence-electron chi connectivity index (χ3n) is 1.76. The Morgan fingerprint density at radius 2 is 2.17 bits per heavy atom. The van der Waals surface area contributed by atoms with Gasteiger partial charge in [0.05, 0.1) is 6.20 Å². The molecule has 0 aliphatic heterocycles. The van der Waals surface area contributed by atoms with Gasteiger partial charge in [0.1, 0.15) is 11.6 Å². The number of halogens is 1. The molecule has 1 aromatic rings. The van der Waals surface area contributed by atoms with Gasteiger partial charge in [-0.1, -0.05) is 13.8 Å². The summed E-state index contributed by atoms with van der Waals surface area (Å²) in [6, 6.07) is 1.74. The normalized spacial score (nSPS) is 10.4. The topological polar surface area (TPSA) is 24.9 Å². The molecule has 0 amide bonds. The predicted molar refractivity (Wildman–Crippen MR) is 47.8 cm³/mol. The van der Waals surface area contributed by atoms with Crippen LogP contribution in [0.4, 0.5) is 10.2 Å². The summed E-state index contributed by atoms with van der Waals surface area (Å²) in [5, 5.41) is 2.87. The van der Waals surface area contributed by atoms with Crippen LogP contribution in [-0.2, 0) is 0 Å². The van der Waals surface area contributed by atoms with Crippen LogP contribution in [0.2, 0.25) is 0 Å². The Bertz CT molecular complexity index is 271. The molecule has 0 aliphatic carbocycles. The van der Waals surface area contributed by atoms with Gasteiger partial charge in [-0.25, -0.2) is 9.37 Å². The molecular weight excluding hydrogens is 155 g/mol. The van der Waals surface area contributed by atoms with Crippen LogP contribution in [0.25, 0.3) is 0 Å². The molecule has 1 rings (SSSR count). The van der Waals surface area contributed by atoms with E-state index in [4.69, 9.17) is 0 Å². The van der Waals surface area contributed by atoms with Gasteiger partial charge in [-0.2, -0.15) is 0 Å². The quantitative estimate of drug-likeness (QED) is 0.733. The van der Waals surface area contributed by atoms with E-state index in [0.717, 1.165) is 0 Å². The first kappa shape index (κ1) is 8.97. The molecule has 0 aromatic carbocycles. The summed E-state index contributed by atoms with van der Waals surface area (Å²) in [6.45, 7) is 3.91. The van der Waals surface area contributed by atoms with Crippen molar-refractivity contribution in [2.24, 2.45) is 0 Å². The first-order valence-electron chi connectivity index (χ1n) is 3.98. The zero-order chi connectivity index (χ0) is 9.14. The summed E-state index contributed by atoms with van der Waals surface area (Å²) in [5.74, 6) is 0.671. The molecule has 12 heavy (non-hydrogen) atoms. The molecule has 0 unspecified atom stereocenters. The molecule has 0 radical (unpaired) electrons. The Morgan fingerprint density at radius 3 is 2.67 bits per heavy atom. The van der Waals surface area contributed by atoms with Crippen molar-refractivity contribution in [2.75, 3.05) is 12.4 Å². The van der Waals surface area contributed by atoms with Crippen molar-refractivity contribution in [3.05, 3.63) is 23.6 Å². The van der Waals surface area contributed by atoms with E-state index in [0.29, 0.717) is 11.4 Å². The average Bonchev–Trinajstić information content (AvgIpc) is 2.05. The molecule has 2 nitrogen and oxygen atoms in total. The van der Waals surface area contributed by atoms with Crippen molar-refractivity contribution in [1.82, 2.24) is 4.98 Å². The lowest BCUT2D eigenvalue weighted by atomic mass is 10.0. The SMILES string of the molecule is CNc1cc(C(C)C)c(F)cn1. The smallest absolute Gasteiger partial charge is 0.145 e. The third-order valence-corrected chi connectivity index (χ3v) is 1.76. The number of pyridine rings is 1. The highest BCUT2D eigenvalue weighted by molar-refractivity contribution is 5.38. The van der Waals surface area contributed by atoms with Gasteiger partial charge in [0.25, 0.3) is 0 Å². The molecule has 3 heteroatoms. The highest BCUT2D eigenvalue weighted by atomic mass is 19.1. The maximum Gasteiger partial charge on any atom is 0.145 e. The van der Waals surface area contributed by atoms with Crippen LogP contribution in [0.3, 0.4) is 0 Å². The minimum Gasteiger partial charge on any atom is -0.373 e. The van der Waals surface area contributed by atoms with Crippen molar-refractivity contribution in [3.8, 4) is 0 Å². The minimum absolute atomic E-state index is 0.195. The molecule has 0 spiro atoms. The van der Waals surface area contributed by atoms with E-state index in [1.54, 1.807) is 13.1 Å². The fourth-order valence-corrected chi connectivity index (χ4v) is 1.03. The number of hydrogen-bond donors (Lipinski definition) is 1. The number of nitrogens with one attached hydrogen (secondary N) is 1. The molecule has 0 fully saturated rings. The first-order chi connectivity index (χ1) is 5.65. The summed E-state index contributed by atoms with van der Waals surface area (Å²) >= 11 is 0. The van der Waals surface area contributed by atoms with E-state index in [-0.39, 0.29) is 11.7 Å². The van der Waals surface area contributed by atoms with Gasteiger partial charge in [0.15, 0.2) is 0 Å². The first-order valence-corrected chi connectivity index (χ1v) is 3.98. The van der Waals surface area contributed by atoms with Crippen LogP contribution < -0.4 is 5.32 Å². The minimum atomic E-state index is -0.232. The van der Waals surface area contributed by atoms with Crippen molar-refractivity contribution < 1.29 is 4.39 Å². The van der Waals surface area contributed by atoms with Crippen LogP contribution in [0.5, 0.6) is 0 Å². The molecular formula is C9H13FN2. The lowest BCUT2D eigenvalue weighted by Crippen LogP contribution is -1.98. The predicted octanol–water partition coefficient (Wildman–Crippen LogP) is 2.39. The van der Waals surface area contributed by atoms with Crippen LogP contribution in [0.1, 0.15) is 25.3 Å². The number of hydrogen-bond acceptors (Lipinski definition) is 2. The maximum atomic E-state index is 13.1. The number of anilines is 1. The highest BCUT2D eigenvalue weighted by Crippen LogP contribution is 2.19. The van der Waals surface area contributed by atoms with Crippen LogP contribution in [-0.4, -0.2) is 12.0 Å². The van der Waals surface area contributed by atoms with Crippen LogP contribution in [0.15, 0.2) is 12.3 Å². The summed E-state index contributed by atoms with van der Waals surface area (Å²) in [4.78, 5) is 3.85. The molecule has 0 bridgehead atoms. The van der Waals surface area contributed by atoms with Gasteiger partial charge in [0.2, 0.25) is 0 Å². The summed E-state index contributed by atoms with van der Waals surface area (Å²) < 4.78 is 13.1. The van der Waals surface area contributed by atoms with Crippen molar-refractivity contribution >= 4 is 5.82 Å². The van der Waals surface area contributed by atoms with Gasteiger partial charge < -0.3 is 5.32 Å². The Balaban J connectivity index is 3.08. The largest absolute Gasteiger partial charge is 0.373 e. The Kier molecular flexibility index (Phi) is 2.63. The maximum absolute atomic E-state index is 13.1. The monoisotopic (exact) mass is 168 g/mol. The molecule has 1 aromatic heterocycles. The standard InChI is InChI=1S/C9H13FN2/c1-6(2)7-4-9(11-3)12-5-8(7)10/h4-6H,1-3H3,(H,11,12). The van der Waals surface area contributed by atoms with E-state index >= 15 is 0 Å². The van der Waals surface area contributed by atoms with Crippen molar-refractivity contribution in [3.63, 3.8) is 0 Å². The average molecular weight is 168 g/mol. The second-order valence-corrected chi connectivity index (χ2v) is 3.00. The van der Waals surface area contributed by atoms with Gasteiger partial charge >= 0.3 is 0 Å². The zero-order valence-corrected chi connectivity index (χ0v) is 7.56. The Hall–Kier alpha value is -1.12. The lowest BCUT2D eigenvalue weighted by molar-refractivity contribution is 0.592. The molecule has 1 N–H and O–H groups in total. The van der Waals surface area contributed by atoms with Gasteiger partial charge in [-0.15, -0.1) is 0 Å². The Morgan fingerprint density at radius 1 is 1.50 bits per heavy atom. The van der Waals surface area contributed by atoms with Gasteiger partial charge in [-0.05, 0) is 17.5 Å². The van der Waals surface area contributed by atoms with E-state index in [1.807, 2.05) is 13.8 Å². The van der Waals surface area contributed by atoms with Crippen LogP contribution >= 0.6 is 0 Å². The third kappa shape index (κ3) is 1.72. The zero-order valence-electron chi connectivity index (χ0n) is 7.56. The van der Waals surface area contributed by atoms with Gasteiger partial charge in [-0.3, -0.25) is 0 Å². The summed E-state index contributed by atoms with van der Waals surface area (Å²) in [7, 11) is 1.77. The van der Waals surface area contributed by atoms with Crippen molar-refractivity contribution in [2.45, 2.75) is 19.8 Å². The number of rotatable bonds is 2. The second kappa shape index (κ2) is 3.52. The van der Waals surface area contributed by atoms with E-state index < -0.39 is 0 Å². The van der Waals surface area contributed by atoms with Crippen molar-refractivity contribution in [1.29, 1.82) is 0 Å². The second-order valence-electron chi connectivity index (χ2n) is 3.00. The molecule has 0 atom stereocenters. The fraction of sp³-hybridized carbons (Fsp3) is 0.444. The molecule has 0 saturated carbocycles. The van der Waals surface area contributed by atoms with Crippen LogP contribution in [0, 0.1) is 5.82 Å². The number of aromatic nitrogens is 1. The van der Waals surface area contributed by atoms with E-state index in [2.05, 4.69) is 10.3 Å².